The topological polar surface area (TPSA) is 71.6 Å². The van der Waals surface area contributed by atoms with Crippen molar-refractivity contribution in [3.8, 4) is 5.75 Å². The molecular formula is C24H31N3O3S. The fourth-order valence-corrected chi connectivity index (χ4v) is 3.64. The molecule has 1 heterocycles. The van der Waals surface area contributed by atoms with Gasteiger partial charge in [0.2, 0.25) is 0 Å². The number of hydrogen-bond donors (Lipinski definition) is 3. The normalized spacial score (nSPS) is 16.9. The number of ether oxygens (including phenoxy) is 2. The first-order valence-electron chi connectivity index (χ1n) is 10.6. The molecule has 1 aliphatic rings. The molecule has 1 amide bonds. The molecule has 1 saturated heterocycles. The van der Waals surface area contributed by atoms with Gasteiger partial charge < -0.3 is 14.8 Å². The highest BCUT2D eigenvalue weighted by Crippen LogP contribution is 2.32. The summed E-state index contributed by atoms with van der Waals surface area (Å²) in [6.07, 6.45) is 1.59. The van der Waals surface area contributed by atoms with Crippen LogP contribution in [-0.4, -0.2) is 36.4 Å². The third-order valence-corrected chi connectivity index (χ3v) is 5.81. The molecule has 2 aromatic carbocycles. The first-order chi connectivity index (χ1) is 14.9. The summed E-state index contributed by atoms with van der Waals surface area (Å²) in [5, 5.41) is 3.39. The summed E-state index contributed by atoms with van der Waals surface area (Å²) in [5.41, 5.74) is 7.57. The molecule has 1 aliphatic heterocycles. The smallest absolute Gasteiger partial charge is 0.279 e. The van der Waals surface area contributed by atoms with Crippen LogP contribution in [0, 0.1) is 0 Å². The van der Waals surface area contributed by atoms with Crippen molar-refractivity contribution in [3.63, 3.8) is 0 Å². The number of thiocarbonyl (C=S) groups is 1. The van der Waals surface area contributed by atoms with Gasteiger partial charge in [-0.05, 0) is 55.2 Å². The van der Waals surface area contributed by atoms with Crippen LogP contribution < -0.4 is 20.9 Å². The fraction of sp³-hybridized carbons (Fsp3) is 0.417. The monoisotopic (exact) mass is 441 g/mol. The van der Waals surface area contributed by atoms with Gasteiger partial charge >= 0.3 is 0 Å². The molecule has 166 valence electrons. The van der Waals surface area contributed by atoms with Gasteiger partial charge in [-0.3, -0.25) is 15.6 Å². The summed E-state index contributed by atoms with van der Waals surface area (Å²) in [5.74, 6) is 0.323. The number of hydrazine groups is 1. The van der Waals surface area contributed by atoms with E-state index in [1.54, 1.807) is 6.92 Å². The number of amides is 1. The van der Waals surface area contributed by atoms with Crippen molar-refractivity contribution in [1.29, 1.82) is 0 Å². The number of carbonyl (C=O) groups is 1. The number of carbonyl (C=O) groups excluding carboxylic acids is 1. The Morgan fingerprint density at radius 2 is 1.81 bits per heavy atom. The minimum absolute atomic E-state index is 0.126. The fourth-order valence-electron chi connectivity index (χ4n) is 3.51. The molecule has 0 aromatic heterocycles. The SMILES string of the molecule is CC(Oc1ccc(C(C)(C)c2ccccc2)cc1)C(=O)NNC(=S)NCC1CCCO1. The first-order valence-corrected chi connectivity index (χ1v) is 11.0. The van der Waals surface area contributed by atoms with E-state index in [1.165, 1.54) is 11.1 Å². The van der Waals surface area contributed by atoms with Crippen LogP contribution in [0.2, 0.25) is 0 Å². The van der Waals surface area contributed by atoms with E-state index in [0.29, 0.717) is 17.4 Å². The van der Waals surface area contributed by atoms with Crippen molar-refractivity contribution < 1.29 is 14.3 Å². The van der Waals surface area contributed by atoms with Gasteiger partial charge in [0.15, 0.2) is 11.2 Å². The number of hydrogen-bond acceptors (Lipinski definition) is 4. The highest BCUT2D eigenvalue weighted by atomic mass is 32.1. The van der Waals surface area contributed by atoms with Gasteiger partial charge in [-0.2, -0.15) is 0 Å². The van der Waals surface area contributed by atoms with Crippen LogP contribution in [0.5, 0.6) is 5.75 Å². The predicted molar refractivity (Wildman–Crippen MR) is 126 cm³/mol. The van der Waals surface area contributed by atoms with E-state index in [9.17, 15) is 4.79 Å². The van der Waals surface area contributed by atoms with Crippen LogP contribution in [-0.2, 0) is 14.9 Å². The van der Waals surface area contributed by atoms with Crippen molar-refractivity contribution in [2.75, 3.05) is 13.2 Å². The van der Waals surface area contributed by atoms with E-state index < -0.39 is 6.10 Å². The lowest BCUT2D eigenvalue weighted by molar-refractivity contribution is -0.127. The van der Waals surface area contributed by atoms with Gasteiger partial charge in [-0.15, -0.1) is 0 Å². The molecule has 0 bridgehead atoms. The largest absolute Gasteiger partial charge is 0.481 e. The van der Waals surface area contributed by atoms with E-state index in [4.69, 9.17) is 21.7 Å². The van der Waals surface area contributed by atoms with Gasteiger partial charge in [0, 0.05) is 18.6 Å². The van der Waals surface area contributed by atoms with Crippen LogP contribution in [0.25, 0.3) is 0 Å². The molecule has 2 aromatic rings. The average Bonchev–Trinajstić information content (AvgIpc) is 3.30. The molecular weight excluding hydrogens is 410 g/mol. The lowest BCUT2D eigenvalue weighted by atomic mass is 9.78. The second-order valence-corrected chi connectivity index (χ2v) is 8.64. The van der Waals surface area contributed by atoms with Gasteiger partial charge in [-0.25, -0.2) is 0 Å². The second kappa shape index (κ2) is 10.6. The summed E-state index contributed by atoms with van der Waals surface area (Å²) in [7, 11) is 0. The molecule has 3 rings (SSSR count). The Morgan fingerprint density at radius 1 is 1.13 bits per heavy atom. The number of nitrogens with one attached hydrogen (secondary N) is 3. The van der Waals surface area contributed by atoms with Crippen LogP contribution in [0.1, 0.15) is 44.7 Å². The Hall–Kier alpha value is -2.64. The Labute approximate surface area is 189 Å². The molecule has 0 saturated carbocycles. The molecule has 0 radical (unpaired) electrons. The summed E-state index contributed by atoms with van der Waals surface area (Å²) in [4.78, 5) is 12.3. The van der Waals surface area contributed by atoms with E-state index in [0.717, 1.165) is 19.4 Å². The average molecular weight is 442 g/mol. The molecule has 3 N–H and O–H groups in total. The van der Waals surface area contributed by atoms with Crippen molar-refractivity contribution in [3.05, 3.63) is 65.7 Å². The zero-order valence-electron chi connectivity index (χ0n) is 18.3. The number of benzene rings is 2. The minimum Gasteiger partial charge on any atom is -0.481 e. The van der Waals surface area contributed by atoms with Crippen LogP contribution in [0.3, 0.4) is 0 Å². The zero-order chi connectivity index (χ0) is 22.3. The molecule has 0 aliphatic carbocycles. The quantitative estimate of drug-likeness (QED) is 0.452. The molecule has 2 unspecified atom stereocenters. The summed E-state index contributed by atoms with van der Waals surface area (Å²) in [6, 6.07) is 18.2. The molecule has 0 spiro atoms. The lowest BCUT2D eigenvalue weighted by Gasteiger charge is -2.26. The predicted octanol–water partition coefficient (Wildman–Crippen LogP) is 3.45. The van der Waals surface area contributed by atoms with Crippen LogP contribution in [0.15, 0.2) is 54.6 Å². The maximum absolute atomic E-state index is 12.3. The Balaban J connectivity index is 1.46. The lowest BCUT2D eigenvalue weighted by Crippen LogP contribution is -2.51. The standard InChI is InChI=1S/C24H31N3O3S/c1-17(22(28)26-27-23(31)25-16-21-10-7-15-29-21)30-20-13-11-19(12-14-20)24(2,3)18-8-5-4-6-9-18/h4-6,8-9,11-14,17,21H,7,10,15-16H2,1-3H3,(H,26,28)(H2,25,27,31). The highest BCUT2D eigenvalue weighted by Gasteiger charge is 2.23. The van der Waals surface area contributed by atoms with Crippen molar-refractivity contribution >= 4 is 23.2 Å². The maximum atomic E-state index is 12.3. The van der Waals surface area contributed by atoms with E-state index in [-0.39, 0.29) is 17.4 Å². The van der Waals surface area contributed by atoms with Crippen molar-refractivity contribution in [2.24, 2.45) is 0 Å². The second-order valence-electron chi connectivity index (χ2n) is 8.23. The summed E-state index contributed by atoms with van der Waals surface area (Å²) < 4.78 is 11.3. The van der Waals surface area contributed by atoms with Crippen molar-refractivity contribution in [2.45, 2.75) is 51.2 Å². The third kappa shape index (κ3) is 6.42. The first kappa shape index (κ1) is 23.0. The van der Waals surface area contributed by atoms with E-state index >= 15 is 0 Å². The molecule has 2 atom stereocenters. The van der Waals surface area contributed by atoms with E-state index in [2.05, 4.69) is 42.1 Å². The summed E-state index contributed by atoms with van der Waals surface area (Å²) >= 11 is 5.18. The molecule has 6 nitrogen and oxygen atoms in total. The number of rotatable bonds is 7. The van der Waals surface area contributed by atoms with Gasteiger partial charge in [-0.1, -0.05) is 56.3 Å². The molecule has 1 fully saturated rings. The van der Waals surface area contributed by atoms with Crippen molar-refractivity contribution in [1.82, 2.24) is 16.2 Å². The molecule has 7 heteroatoms. The van der Waals surface area contributed by atoms with Gasteiger partial charge in [0.25, 0.3) is 5.91 Å². The molecule has 31 heavy (non-hydrogen) atoms. The Kier molecular flexibility index (Phi) is 7.87. The van der Waals surface area contributed by atoms with Gasteiger partial charge in [0.05, 0.1) is 6.10 Å². The van der Waals surface area contributed by atoms with E-state index in [1.807, 2.05) is 42.5 Å². The van der Waals surface area contributed by atoms with Gasteiger partial charge in [0.1, 0.15) is 5.75 Å². The third-order valence-electron chi connectivity index (χ3n) is 5.57. The minimum atomic E-state index is -0.679. The summed E-state index contributed by atoms with van der Waals surface area (Å²) in [6.45, 7) is 7.50. The maximum Gasteiger partial charge on any atom is 0.279 e. The zero-order valence-corrected chi connectivity index (χ0v) is 19.1. The highest BCUT2D eigenvalue weighted by molar-refractivity contribution is 7.80. The van der Waals surface area contributed by atoms with Crippen LogP contribution >= 0.6 is 12.2 Å². The Morgan fingerprint density at radius 3 is 2.45 bits per heavy atom. The Bertz CT molecular complexity index is 865. The van der Waals surface area contributed by atoms with Crippen LogP contribution in [0.4, 0.5) is 0 Å².